The van der Waals surface area contributed by atoms with E-state index in [0.717, 1.165) is 12.8 Å². The van der Waals surface area contributed by atoms with Gasteiger partial charge in [-0.15, -0.1) is 0 Å². The van der Waals surface area contributed by atoms with Crippen LogP contribution in [0.5, 0.6) is 0 Å². The van der Waals surface area contributed by atoms with Gasteiger partial charge < -0.3 is 18.6 Å². The van der Waals surface area contributed by atoms with Gasteiger partial charge in [-0.05, 0) is 55.4 Å². The monoisotopic (exact) mass is 322 g/mol. The quantitative estimate of drug-likeness (QED) is 0.720. The van der Waals surface area contributed by atoms with E-state index in [1.54, 1.807) is 0 Å². The van der Waals surface area contributed by atoms with E-state index in [1.807, 2.05) is 0 Å². The molecule has 0 unspecified atom stereocenters. The van der Waals surface area contributed by atoms with Crippen LogP contribution in [0.2, 0.25) is 5.21 Å². The smallest absolute Gasteiger partial charge is 0.403 e. The van der Waals surface area contributed by atoms with E-state index in [1.165, 1.54) is 12.8 Å². The zero-order valence-corrected chi connectivity index (χ0v) is 16.1. The number of hydrogen-bond acceptors (Lipinski definition) is 4. The Kier molecular flexibility index (Phi) is 3.86. The van der Waals surface area contributed by atoms with Gasteiger partial charge in [-0.1, -0.05) is 25.7 Å². The average molecular weight is 322 g/mol. The third-order valence-corrected chi connectivity index (χ3v) is 6.98. The maximum Gasteiger partial charge on any atom is 0.462 e. The summed E-state index contributed by atoms with van der Waals surface area (Å²) in [6, 6.07) is 0. The van der Waals surface area contributed by atoms with Crippen molar-refractivity contribution in [3.63, 3.8) is 0 Å². The van der Waals surface area contributed by atoms with Crippen LogP contribution in [0.1, 0.15) is 81.1 Å². The highest BCUT2D eigenvalue weighted by Crippen LogP contribution is 2.58. The average Bonchev–Trinajstić information content (AvgIpc) is 2.97. The summed E-state index contributed by atoms with van der Waals surface area (Å²) < 4.78 is 25.7. The minimum atomic E-state index is -0.323. The number of rotatable bonds is 2. The maximum atomic E-state index is 6.42. The Hall–Kier alpha value is -0.0301. The van der Waals surface area contributed by atoms with E-state index in [0.29, 0.717) is 0 Å². The molecule has 0 aromatic heterocycles. The number of hydrogen-bond donors (Lipinski definition) is 0. The normalized spacial score (nSPS) is 33.4. The Morgan fingerprint density at radius 1 is 0.522 bits per heavy atom. The van der Waals surface area contributed by atoms with Crippen molar-refractivity contribution in [3.8, 4) is 0 Å². The molecule has 0 aromatic carbocycles. The van der Waals surface area contributed by atoms with Crippen LogP contribution >= 0.6 is 0 Å². The van der Waals surface area contributed by atoms with Crippen molar-refractivity contribution < 1.29 is 18.6 Å². The van der Waals surface area contributed by atoms with Crippen molar-refractivity contribution in [2.75, 3.05) is 0 Å². The molecule has 2 heterocycles. The largest absolute Gasteiger partial charge is 0.462 e. The molecule has 0 atom stereocenters. The van der Waals surface area contributed by atoms with Crippen molar-refractivity contribution in [2.45, 2.75) is 109 Å². The third-order valence-electron chi connectivity index (χ3n) is 6.98. The Bertz CT molecular complexity index is 411. The highest BCUT2D eigenvalue weighted by molar-refractivity contribution is 6.71. The molecule has 3 fully saturated rings. The SMILES string of the molecule is CC1(C)OB(C2(B3OC(C)(C)C(C)(C)O3)CCCC2)OC1(C)C. The van der Waals surface area contributed by atoms with Gasteiger partial charge >= 0.3 is 14.2 Å². The molecular weight excluding hydrogens is 290 g/mol. The highest BCUT2D eigenvalue weighted by Gasteiger charge is 2.69. The summed E-state index contributed by atoms with van der Waals surface area (Å²) in [7, 11) is -0.547. The molecule has 0 spiro atoms. The van der Waals surface area contributed by atoms with Crippen LogP contribution in [-0.4, -0.2) is 36.6 Å². The minimum absolute atomic E-state index is 0.212. The van der Waals surface area contributed by atoms with Crippen LogP contribution in [0.25, 0.3) is 0 Å². The molecule has 4 nitrogen and oxygen atoms in total. The van der Waals surface area contributed by atoms with Gasteiger partial charge in [0.15, 0.2) is 0 Å². The van der Waals surface area contributed by atoms with Crippen LogP contribution in [0, 0.1) is 0 Å². The molecule has 0 amide bonds. The molecule has 3 aliphatic rings. The Labute approximate surface area is 142 Å². The van der Waals surface area contributed by atoms with Crippen molar-refractivity contribution in [1.82, 2.24) is 0 Å². The molecule has 130 valence electrons. The van der Waals surface area contributed by atoms with Gasteiger partial charge in [0.2, 0.25) is 0 Å². The lowest BCUT2D eigenvalue weighted by Crippen LogP contribution is -2.47. The van der Waals surface area contributed by atoms with Crippen molar-refractivity contribution in [1.29, 1.82) is 0 Å². The van der Waals surface area contributed by atoms with Crippen LogP contribution in [-0.2, 0) is 18.6 Å². The summed E-state index contributed by atoms with van der Waals surface area (Å²) >= 11 is 0. The molecule has 2 saturated heterocycles. The molecule has 0 aromatic rings. The van der Waals surface area contributed by atoms with Crippen LogP contribution in [0.15, 0.2) is 0 Å². The van der Waals surface area contributed by atoms with Crippen LogP contribution < -0.4 is 0 Å². The van der Waals surface area contributed by atoms with Gasteiger partial charge in [-0.2, -0.15) is 0 Å². The van der Waals surface area contributed by atoms with Gasteiger partial charge in [0.1, 0.15) is 0 Å². The van der Waals surface area contributed by atoms with E-state index in [-0.39, 0.29) is 41.9 Å². The second kappa shape index (κ2) is 5.00. The standard InChI is InChI=1S/C17H32B2O4/c1-13(2)14(3,4)21-18(20-13)17(11-9-10-12-17)19-22-15(5,6)16(7,8)23-19/h9-12H2,1-8H3. The third kappa shape index (κ3) is 2.52. The fourth-order valence-corrected chi connectivity index (χ4v) is 3.77. The molecule has 3 rings (SSSR count). The van der Waals surface area contributed by atoms with Crippen molar-refractivity contribution in [2.24, 2.45) is 0 Å². The van der Waals surface area contributed by atoms with E-state index >= 15 is 0 Å². The lowest BCUT2D eigenvalue weighted by Gasteiger charge is -2.33. The molecule has 0 bridgehead atoms. The maximum absolute atomic E-state index is 6.42. The Morgan fingerprint density at radius 2 is 0.783 bits per heavy atom. The molecule has 2 aliphatic heterocycles. The van der Waals surface area contributed by atoms with E-state index in [4.69, 9.17) is 18.6 Å². The van der Waals surface area contributed by atoms with Gasteiger partial charge in [-0.3, -0.25) is 0 Å². The predicted octanol–water partition coefficient (Wildman–Crippen LogP) is 4.02. The second-order valence-electron chi connectivity index (χ2n) is 9.62. The minimum Gasteiger partial charge on any atom is -0.403 e. The van der Waals surface area contributed by atoms with Gasteiger partial charge in [0.05, 0.1) is 22.4 Å². The van der Waals surface area contributed by atoms with Gasteiger partial charge in [0.25, 0.3) is 0 Å². The topological polar surface area (TPSA) is 36.9 Å². The first-order valence-electron chi connectivity index (χ1n) is 9.04. The summed E-state index contributed by atoms with van der Waals surface area (Å²) in [5.74, 6) is 0. The molecule has 0 radical (unpaired) electrons. The molecule has 0 N–H and O–H groups in total. The lowest BCUT2D eigenvalue weighted by molar-refractivity contribution is 0.00578. The first-order valence-corrected chi connectivity index (χ1v) is 9.04. The van der Waals surface area contributed by atoms with Crippen LogP contribution in [0.4, 0.5) is 0 Å². The fourth-order valence-electron chi connectivity index (χ4n) is 3.77. The van der Waals surface area contributed by atoms with Gasteiger partial charge in [0, 0.05) is 5.21 Å². The summed E-state index contributed by atoms with van der Waals surface area (Å²) in [5, 5.41) is -0.212. The lowest BCUT2D eigenvalue weighted by atomic mass is 9.38. The Morgan fingerprint density at radius 3 is 1.04 bits per heavy atom. The molecule has 1 aliphatic carbocycles. The van der Waals surface area contributed by atoms with Crippen LogP contribution in [0.3, 0.4) is 0 Å². The molecular formula is C17H32B2O4. The summed E-state index contributed by atoms with van der Waals surface area (Å²) in [4.78, 5) is 0. The van der Waals surface area contributed by atoms with Crippen molar-refractivity contribution in [3.05, 3.63) is 0 Å². The molecule has 23 heavy (non-hydrogen) atoms. The second-order valence-corrected chi connectivity index (χ2v) is 9.62. The predicted molar refractivity (Wildman–Crippen MR) is 93.3 cm³/mol. The van der Waals surface area contributed by atoms with Gasteiger partial charge in [-0.25, -0.2) is 0 Å². The molecule has 6 heteroatoms. The fraction of sp³-hybridized carbons (Fsp3) is 1.00. The van der Waals surface area contributed by atoms with Crippen molar-refractivity contribution >= 4 is 14.2 Å². The van der Waals surface area contributed by atoms with E-state index in [2.05, 4.69) is 55.4 Å². The zero-order chi connectivity index (χ0) is 17.3. The zero-order valence-electron chi connectivity index (χ0n) is 16.1. The Balaban J connectivity index is 1.91. The summed E-state index contributed by atoms with van der Waals surface area (Å²) in [6.07, 6.45) is 4.41. The molecule has 1 saturated carbocycles. The van der Waals surface area contributed by atoms with E-state index in [9.17, 15) is 0 Å². The van der Waals surface area contributed by atoms with E-state index < -0.39 is 0 Å². The first-order chi connectivity index (χ1) is 10.3. The first kappa shape index (κ1) is 17.8. The summed E-state index contributed by atoms with van der Waals surface area (Å²) in [5.41, 5.74) is -1.29. The summed E-state index contributed by atoms with van der Waals surface area (Å²) in [6.45, 7) is 16.9. The highest BCUT2D eigenvalue weighted by atomic mass is 16.7.